The first-order valence-corrected chi connectivity index (χ1v) is 7.30. The highest BCUT2D eigenvalue weighted by atomic mass is 35.5. The highest BCUT2D eigenvalue weighted by molar-refractivity contribution is 7.89. The van der Waals surface area contributed by atoms with Gasteiger partial charge in [0.15, 0.2) is 11.5 Å². The monoisotopic (exact) mass is 344 g/mol. The van der Waals surface area contributed by atoms with E-state index >= 15 is 0 Å². The Morgan fingerprint density at radius 2 is 1.86 bits per heavy atom. The van der Waals surface area contributed by atoms with Crippen molar-refractivity contribution in [1.29, 1.82) is 0 Å². The largest absolute Gasteiger partial charge is 0.486 e. The number of ether oxygens (including phenoxy) is 2. The zero-order valence-electron chi connectivity index (χ0n) is 10.8. The summed E-state index contributed by atoms with van der Waals surface area (Å²) in [7, 11) is -4.06. The van der Waals surface area contributed by atoms with Crippen molar-refractivity contribution in [3.63, 3.8) is 0 Å². The molecule has 2 rings (SSSR count). The summed E-state index contributed by atoms with van der Waals surface area (Å²) in [6.45, 7) is -1.31. The Morgan fingerprint density at radius 3 is 2.48 bits per heavy atom. The molecule has 0 amide bonds. The lowest BCUT2D eigenvalue weighted by atomic mass is 10.3. The summed E-state index contributed by atoms with van der Waals surface area (Å²) in [5.41, 5.74) is 4.84. The fraction of sp³-hybridized carbons (Fsp3) is 0.455. The van der Waals surface area contributed by atoms with Gasteiger partial charge in [-0.2, -0.15) is 0 Å². The summed E-state index contributed by atoms with van der Waals surface area (Å²) in [5, 5.41) is 0. The first-order valence-electron chi connectivity index (χ1n) is 5.81. The van der Waals surface area contributed by atoms with Crippen LogP contribution in [0.5, 0.6) is 11.5 Å². The summed E-state index contributed by atoms with van der Waals surface area (Å²) < 4.78 is 62.1. The van der Waals surface area contributed by atoms with Gasteiger partial charge in [0.2, 0.25) is 10.0 Å². The summed E-state index contributed by atoms with van der Waals surface area (Å²) in [6, 6.07) is 3.91. The van der Waals surface area contributed by atoms with E-state index in [1.165, 1.54) is 18.2 Å². The second-order valence-corrected chi connectivity index (χ2v) is 5.96. The van der Waals surface area contributed by atoms with Crippen molar-refractivity contribution in [2.75, 3.05) is 26.3 Å². The topological polar surface area (TPSA) is 90.7 Å². The number of halogens is 3. The van der Waals surface area contributed by atoms with Crippen LogP contribution in [0.2, 0.25) is 0 Å². The Balaban J connectivity index is 0.00000220. The first-order chi connectivity index (χ1) is 9.34. The predicted molar refractivity (Wildman–Crippen MR) is 73.9 cm³/mol. The minimum absolute atomic E-state index is 0. The van der Waals surface area contributed by atoms with Crippen LogP contribution in [-0.4, -0.2) is 40.6 Å². The van der Waals surface area contributed by atoms with Crippen LogP contribution >= 0.6 is 12.4 Å². The molecule has 0 aromatic heterocycles. The minimum atomic E-state index is -4.06. The molecule has 6 nitrogen and oxygen atoms in total. The molecule has 1 aliphatic heterocycles. The van der Waals surface area contributed by atoms with Crippen molar-refractivity contribution in [2.45, 2.75) is 10.8 Å². The number of alkyl halides is 2. The molecule has 0 fully saturated rings. The highest BCUT2D eigenvalue weighted by Crippen LogP contribution is 2.32. The molecule has 0 saturated carbocycles. The van der Waals surface area contributed by atoms with Crippen molar-refractivity contribution in [3.05, 3.63) is 18.2 Å². The van der Waals surface area contributed by atoms with Crippen LogP contribution in [0.1, 0.15) is 0 Å². The van der Waals surface area contributed by atoms with Gasteiger partial charge >= 0.3 is 0 Å². The summed E-state index contributed by atoms with van der Waals surface area (Å²) in [6.07, 6.45) is 0. The van der Waals surface area contributed by atoms with Crippen molar-refractivity contribution in [1.82, 2.24) is 4.72 Å². The molecule has 0 bridgehead atoms. The Hall–Kier alpha value is -1.16. The third-order valence-corrected chi connectivity index (χ3v) is 4.04. The van der Waals surface area contributed by atoms with Crippen LogP contribution in [-0.2, 0) is 10.0 Å². The van der Waals surface area contributed by atoms with Gasteiger partial charge in [-0.25, -0.2) is 21.9 Å². The number of nitrogens with two attached hydrogens (primary N) is 1. The molecule has 0 atom stereocenters. The summed E-state index contributed by atoms with van der Waals surface area (Å²) in [5.74, 6) is -2.60. The number of hydrogen-bond acceptors (Lipinski definition) is 5. The van der Waals surface area contributed by atoms with Gasteiger partial charge in [-0.3, -0.25) is 0 Å². The van der Waals surface area contributed by atoms with Crippen molar-refractivity contribution >= 4 is 22.4 Å². The Morgan fingerprint density at radius 1 is 1.24 bits per heavy atom. The molecular weight excluding hydrogens is 330 g/mol. The van der Waals surface area contributed by atoms with Crippen molar-refractivity contribution in [2.24, 2.45) is 5.73 Å². The average Bonchev–Trinajstić information content (AvgIpc) is 2.45. The number of nitrogens with one attached hydrogen (secondary N) is 1. The second-order valence-electron chi connectivity index (χ2n) is 4.19. The zero-order valence-corrected chi connectivity index (χ0v) is 12.5. The molecule has 1 aromatic rings. The van der Waals surface area contributed by atoms with Crippen LogP contribution in [0.4, 0.5) is 8.78 Å². The van der Waals surface area contributed by atoms with E-state index in [4.69, 9.17) is 15.2 Å². The summed E-state index contributed by atoms with van der Waals surface area (Å²) >= 11 is 0. The predicted octanol–water partition coefficient (Wildman–Crippen LogP) is 0.752. The fourth-order valence-corrected chi connectivity index (χ4v) is 2.62. The van der Waals surface area contributed by atoms with E-state index in [1.54, 1.807) is 0 Å². The van der Waals surface area contributed by atoms with E-state index in [0.717, 1.165) is 0 Å². The van der Waals surface area contributed by atoms with Gasteiger partial charge in [-0.15, -0.1) is 12.4 Å². The van der Waals surface area contributed by atoms with E-state index in [1.807, 2.05) is 4.72 Å². The lowest BCUT2D eigenvalue weighted by Crippen LogP contribution is -2.41. The molecule has 120 valence electrons. The van der Waals surface area contributed by atoms with E-state index in [2.05, 4.69) is 0 Å². The van der Waals surface area contributed by atoms with Crippen molar-refractivity contribution in [3.8, 4) is 11.5 Å². The maximum atomic E-state index is 13.0. The van der Waals surface area contributed by atoms with Gasteiger partial charge in [-0.1, -0.05) is 0 Å². The van der Waals surface area contributed by atoms with Gasteiger partial charge < -0.3 is 15.2 Å². The van der Waals surface area contributed by atoms with E-state index in [9.17, 15) is 17.2 Å². The van der Waals surface area contributed by atoms with E-state index < -0.39 is 29.0 Å². The van der Waals surface area contributed by atoms with Gasteiger partial charge in [0.05, 0.1) is 18.0 Å². The third-order valence-electron chi connectivity index (χ3n) is 2.64. The molecule has 21 heavy (non-hydrogen) atoms. The molecular formula is C11H15ClF2N2O4S. The zero-order chi connectivity index (χ0) is 14.8. The van der Waals surface area contributed by atoms with Gasteiger partial charge in [-0.05, 0) is 12.1 Å². The molecule has 0 spiro atoms. The van der Waals surface area contributed by atoms with E-state index in [0.29, 0.717) is 19.0 Å². The lowest BCUT2D eigenvalue weighted by Gasteiger charge is -2.19. The Labute approximate surface area is 127 Å². The molecule has 0 radical (unpaired) electrons. The number of sulfonamides is 1. The molecule has 3 N–H and O–H groups in total. The van der Waals surface area contributed by atoms with Crippen LogP contribution in [0.15, 0.2) is 23.1 Å². The van der Waals surface area contributed by atoms with Crippen LogP contribution in [0.25, 0.3) is 0 Å². The van der Waals surface area contributed by atoms with Gasteiger partial charge in [0.1, 0.15) is 13.2 Å². The maximum Gasteiger partial charge on any atom is 0.273 e. The SMILES string of the molecule is Cl.NCC(F)(F)CNS(=O)(=O)c1ccc2c(c1)OCCO2. The standard InChI is InChI=1S/C11H14F2N2O4S.ClH/c12-11(13,6-14)7-15-20(16,17)8-1-2-9-10(5-8)19-4-3-18-9;/h1-2,5,15H,3-4,6-7,14H2;1H. The smallest absolute Gasteiger partial charge is 0.273 e. The molecule has 1 aromatic carbocycles. The second kappa shape index (κ2) is 6.73. The van der Waals surface area contributed by atoms with Crippen LogP contribution in [0, 0.1) is 0 Å². The molecule has 0 aliphatic carbocycles. The number of hydrogen-bond donors (Lipinski definition) is 2. The first kappa shape index (κ1) is 17.9. The average molecular weight is 345 g/mol. The Bertz CT molecular complexity index is 598. The van der Waals surface area contributed by atoms with E-state index in [-0.39, 0.29) is 23.1 Å². The number of benzene rings is 1. The molecule has 1 heterocycles. The molecule has 0 unspecified atom stereocenters. The van der Waals surface area contributed by atoms with Crippen LogP contribution < -0.4 is 19.9 Å². The maximum absolute atomic E-state index is 13.0. The molecule has 10 heteroatoms. The number of fused-ring (bicyclic) bond motifs is 1. The normalized spacial score (nSPS) is 14.4. The summed E-state index contributed by atoms with van der Waals surface area (Å²) in [4.78, 5) is -0.172. The van der Waals surface area contributed by atoms with Crippen LogP contribution in [0.3, 0.4) is 0 Å². The van der Waals surface area contributed by atoms with Gasteiger partial charge in [0, 0.05) is 6.07 Å². The van der Waals surface area contributed by atoms with Gasteiger partial charge in [0.25, 0.3) is 5.92 Å². The number of rotatable bonds is 5. The highest BCUT2D eigenvalue weighted by Gasteiger charge is 2.29. The fourth-order valence-electron chi connectivity index (χ4n) is 1.55. The third kappa shape index (κ3) is 4.40. The van der Waals surface area contributed by atoms with Crippen molar-refractivity contribution < 1.29 is 26.7 Å². The molecule has 1 aliphatic rings. The molecule has 0 saturated heterocycles. The minimum Gasteiger partial charge on any atom is -0.486 e. The lowest BCUT2D eigenvalue weighted by molar-refractivity contribution is 0.0170. The Kier molecular flexibility index (Phi) is 5.74. The quantitative estimate of drug-likeness (QED) is 0.822.